The second kappa shape index (κ2) is 13.8. The number of carbonyl (C=O) groups is 3. The number of allylic oxidation sites excluding steroid dienone is 2. The van der Waals surface area contributed by atoms with Gasteiger partial charge >= 0.3 is 12.4 Å². The molecule has 15 heteroatoms. The molecule has 5 N–H and O–H groups in total. The number of carbonyl (C=O) groups excluding carboxylic acids is 3. The number of aliphatic hydroxyl groups excluding tert-OH is 1. The monoisotopic (exact) mass is 616 g/mol. The maximum absolute atomic E-state index is 14.1. The molecular weight excluding hydrogens is 589 g/mol. The van der Waals surface area contributed by atoms with Gasteiger partial charge in [-0.05, 0) is 25.0 Å². The van der Waals surface area contributed by atoms with Gasteiger partial charge in [-0.3, -0.25) is 14.4 Å². The standard InChI is InChI=1S/C28H27F7N4O4/c29-17-7-3-5-15(13-17)21-20-9-4-6-16(14-40)22(20)38-26(43)24(37-21)39-25(42)19(10-12-28(33,34)35)18(23(36)41)8-1-2-11-27(30,31)32/h1-7,9,13,18-19,24,40H,8,10-12,14H2,(H2,36,41)(H,38,43)(H,39,42)/b2-1+/t18-,19+,24+/m0/s1. The Hall–Kier alpha value is -4.27. The summed E-state index contributed by atoms with van der Waals surface area (Å²) in [6.45, 7) is -0.529. The highest BCUT2D eigenvalue weighted by molar-refractivity contribution is 6.20. The molecule has 8 nitrogen and oxygen atoms in total. The lowest BCUT2D eigenvalue weighted by molar-refractivity contribution is -0.146. The number of para-hydroxylation sites is 1. The molecular formula is C28H27F7N4O4. The molecule has 3 amide bonds. The minimum atomic E-state index is -4.77. The first kappa shape index (κ1) is 33.2. The van der Waals surface area contributed by atoms with Crippen LogP contribution in [-0.2, 0) is 21.0 Å². The van der Waals surface area contributed by atoms with Crippen molar-refractivity contribution in [3.63, 3.8) is 0 Å². The Balaban J connectivity index is 2.01. The third kappa shape index (κ3) is 9.36. The number of hydrogen-bond acceptors (Lipinski definition) is 5. The smallest absolute Gasteiger partial charge is 0.392 e. The second-order valence-electron chi connectivity index (χ2n) is 9.68. The third-order valence-electron chi connectivity index (χ3n) is 6.54. The number of hydrogen-bond donors (Lipinski definition) is 4. The van der Waals surface area contributed by atoms with E-state index in [2.05, 4.69) is 15.6 Å². The van der Waals surface area contributed by atoms with E-state index in [0.717, 1.165) is 18.2 Å². The number of aliphatic hydroxyl groups is 1. The SMILES string of the molecule is NC(=O)[C@@H](C/C=C/CC(F)(F)F)[C@@H](CCC(F)(F)F)C(=O)N[C@H]1N=C(c2cccc(F)c2)c2cccc(CO)c2NC1=O. The van der Waals surface area contributed by atoms with E-state index >= 15 is 0 Å². The number of halogens is 7. The number of primary amides is 1. The van der Waals surface area contributed by atoms with E-state index < -0.39 is 86.2 Å². The van der Waals surface area contributed by atoms with Crippen LogP contribution in [0.4, 0.5) is 36.4 Å². The van der Waals surface area contributed by atoms with Crippen molar-refractivity contribution in [1.29, 1.82) is 0 Å². The topological polar surface area (TPSA) is 134 Å². The molecule has 2 aromatic rings. The normalized spacial score (nSPS) is 17.0. The van der Waals surface area contributed by atoms with Gasteiger partial charge in [-0.15, -0.1) is 0 Å². The number of benzodiazepines with no additional fused rings is 1. The van der Waals surface area contributed by atoms with Gasteiger partial charge in [0, 0.05) is 23.1 Å². The number of fused-ring (bicyclic) bond motifs is 1. The highest BCUT2D eigenvalue weighted by Crippen LogP contribution is 2.31. The van der Waals surface area contributed by atoms with Crippen LogP contribution < -0.4 is 16.4 Å². The Morgan fingerprint density at radius 2 is 1.74 bits per heavy atom. The van der Waals surface area contributed by atoms with Crippen molar-refractivity contribution in [1.82, 2.24) is 5.32 Å². The Kier molecular flexibility index (Phi) is 10.7. The Morgan fingerprint density at radius 3 is 2.35 bits per heavy atom. The molecule has 0 radical (unpaired) electrons. The molecule has 1 aliphatic rings. The lowest BCUT2D eigenvalue weighted by Crippen LogP contribution is -2.48. The number of amides is 3. The van der Waals surface area contributed by atoms with Gasteiger partial charge in [0.05, 0.1) is 36.3 Å². The number of alkyl halides is 6. The maximum atomic E-state index is 14.1. The zero-order chi connectivity index (χ0) is 31.9. The van der Waals surface area contributed by atoms with Gasteiger partial charge < -0.3 is 21.5 Å². The molecule has 1 heterocycles. The van der Waals surface area contributed by atoms with Crippen LogP contribution in [0, 0.1) is 17.7 Å². The summed E-state index contributed by atoms with van der Waals surface area (Å²) < 4.78 is 91.0. The molecule has 3 atom stereocenters. The second-order valence-corrected chi connectivity index (χ2v) is 9.68. The quantitative estimate of drug-likeness (QED) is 0.218. The molecule has 0 bridgehead atoms. The fourth-order valence-corrected chi connectivity index (χ4v) is 4.50. The molecule has 3 rings (SSSR count). The number of nitrogens with two attached hydrogens (primary N) is 1. The van der Waals surface area contributed by atoms with E-state index in [-0.39, 0.29) is 28.1 Å². The predicted molar refractivity (Wildman–Crippen MR) is 141 cm³/mol. The first-order chi connectivity index (χ1) is 20.1. The molecule has 232 valence electrons. The summed E-state index contributed by atoms with van der Waals surface area (Å²) in [5.41, 5.74) is 6.06. The van der Waals surface area contributed by atoms with Gasteiger partial charge in [-0.1, -0.05) is 42.5 Å². The highest BCUT2D eigenvalue weighted by atomic mass is 19.4. The molecule has 0 aliphatic carbocycles. The van der Waals surface area contributed by atoms with Crippen molar-refractivity contribution in [2.45, 2.75) is 50.8 Å². The molecule has 0 saturated carbocycles. The van der Waals surface area contributed by atoms with E-state index in [1.165, 1.54) is 30.3 Å². The summed E-state index contributed by atoms with van der Waals surface area (Å²) >= 11 is 0. The van der Waals surface area contributed by atoms with Crippen LogP contribution in [0.1, 0.15) is 42.4 Å². The molecule has 0 unspecified atom stereocenters. The Morgan fingerprint density at radius 1 is 1.05 bits per heavy atom. The zero-order valence-electron chi connectivity index (χ0n) is 22.3. The molecule has 0 spiro atoms. The van der Waals surface area contributed by atoms with E-state index in [9.17, 15) is 50.2 Å². The van der Waals surface area contributed by atoms with Crippen LogP contribution in [0.2, 0.25) is 0 Å². The Bertz CT molecular complexity index is 1410. The first-order valence-corrected chi connectivity index (χ1v) is 12.9. The molecule has 0 fully saturated rings. The summed E-state index contributed by atoms with van der Waals surface area (Å²) in [6.07, 6.45) is -14.1. The fourth-order valence-electron chi connectivity index (χ4n) is 4.50. The summed E-state index contributed by atoms with van der Waals surface area (Å²) in [6, 6.07) is 9.56. The molecule has 2 aromatic carbocycles. The largest absolute Gasteiger partial charge is 0.392 e. The van der Waals surface area contributed by atoms with Gasteiger partial charge in [0.2, 0.25) is 18.0 Å². The molecule has 43 heavy (non-hydrogen) atoms. The molecule has 0 aromatic heterocycles. The predicted octanol–water partition coefficient (Wildman–Crippen LogP) is 4.51. The molecule has 0 saturated heterocycles. The Labute approximate surface area is 240 Å². The lowest BCUT2D eigenvalue weighted by Gasteiger charge is -2.25. The van der Waals surface area contributed by atoms with Gasteiger partial charge in [0.15, 0.2) is 0 Å². The van der Waals surface area contributed by atoms with Gasteiger partial charge in [0.25, 0.3) is 5.91 Å². The van der Waals surface area contributed by atoms with Crippen LogP contribution in [0.3, 0.4) is 0 Å². The van der Waals surface area contributed by atoms with Gasteiger partial charge in [-0.25, -0.2) is 9.38 Å². The summed E-state index contributed by atoms with van der Waals surface area (Å²) in [5.74, 6) is -7.60. The van der Waals surface area contributed by atoms with Gasteiger partial charge in [-0.2, -0.15) is 26.3 Å². The number of nitrogens with one attached hydrogen (secondary N) is 2. The number of nitrogens with zero attached hydrogens (tertiary/aromatic N) is 1. The summed E-state index contributed by atoms with van der Waals surface area (Å²) in [4.78, 5) is 43.0. The lowest BCUT2D eigenvalue weighted by atomic mass is 9.84. The van der Waals surface area contributed by atoms with Crippen LogP contribution in [-0.4, -0.2) is 47.1 Å². The van der Waals surface area contributed by atoms with E-state index in [0.29, 0.717) is 6.08 Å². The van der Waals surface area contributed by atoms with Crippen molar-refractivity contribution in [3.8, 4) is 0 Å². The van der Waals surface area contributed by atoms with E-state index in [1.807, 2.05) is 0 Å². The fraction of sp³-hybridized carbons (Fsp3) is 0.357. The van der Waals surface area contributed by atoms with Crippen LogP contribution in [0.15, 0.2) is 59.6 Å². The van der Waals surface area contributed by atoms with Crippen molar-refractivity contribution in [3.05, 3.63) is 77.1 Å². The number of rotatable bonds is 11. The number of benzene rings is 2. The minimum absolute atomic E-state index is 0.0122. The zero-order valence-corrected chi connectivity index (χ0v) is 22.3. The average Bonchev–Trinajstić information content (AvgIpc) is 3.04. The maximum Gasteiger partial charge on any atom is 0.392 e. The van der Waals surface area contributed by atoms with Crippen LogP contribution in [0.25, 0.3) is 0 Å². The van der Waals surface area contributed by atoms with Crippen LogP contribution >= 0.6 is 0 Å². The van der Waals surface area contributed by atoms with Crippen molar-refractivity contribution in [2.75, 3.05) is 5.32 Å². The molecule has 1 aliphatic heterocycles. The van der Waals surface area contributed by atoms with E-state index in [1.54, 1.807) is 0 Å². The van der Waals surface area contributed by atoms with Crippen molar-refractivity contribution in [2.24, 2.45) is 22.6 Å². The summed E-state index contributed by atoms with van der Waals surface area (Å²) in [5, 5.41) is 14.5. The highest BCUT2D eigenvalue weighted by Gasteiger charge is 2.38. The number of aliphatic imine (C=N–C) groups is 1. The third-order valence-corrected chi connectivity index (χ3v) is 6.54. The van der Waals surface area contributed by atoms with Gasteiger partial charge in [0.1, 0.15) is 5.82 Å². The van der Waals surface area contributed by atoms with Crippen molar-refractivity contribution < 1.29 is 50.2 Å². The summed E-state index contributed by atoms with van der Waals surface area (Å²) in [7, 11) is 0. The van der Waals surface area contributed by atoms with E-state index in [4.69, 9.17) is 5.73 Å². The van der Waals surface area contributed by atoms with Crippen LogP contribution in [0.5, 0.6) is 0 Å². The average molecular weight is 617 g/mol. The van der Waals surface area contributed by atoms with Crippen molar-refractivity contribution >= 4 is 29.1 Å². The first-order valence-electron chi connectivity index (χ1n) is 12.9. The minimum Gasteiger partial charge on any atom is -0.392 e. The number of anilines is 1.